The number of hydrogen-bond donors (Lipinski definition) is 2. The van der Waals surface area contributed by atoms with Crippen LogP contribution in [0.3, 0.4) is 0 Å². The number of nitrogens with one attached hydrogen (secondary N) is 2. The van der Waals surface area contributed by atoms with Crippen molar-refractivity contribution in [3.8, 4) is 5.75 Å². The van der Waals surface area contributed by atoms with Crippen molar-refractivity contribution in [2.45, 2.75) is 26.4 Å². The molecular weight excluding hydrogens is 362 g/mol. The Bertz CT molecular complexity index is 531. The van der Waals surface area contributed by atoms with Gasteiger partial charge in [0.05, 0.1) is 6.61 Å². The number of piperidine rings is 1. The molecule has 24 heavy (non-hydrogen) atoms. The van der Waals surface area contributed by atoms with Crippen molar-refractivity contribution in [1.29, 1.82) is 0 Å². The summed E-state index contributed by atoms with van der Waals surface area (Å²) in [6, 6.07) is 1.46. The quantitative estimate of drug-likeness (QED) is 0.759. The molecule has 0 radical (unpaired) electrons. The Kier molecular flexibility index (Phi) is 8.35. The zero-order valence-corrected chi connectivity index (χ0v) is 15.3. The van der Waals surface area contributed by atoms with E-state index in [1.165, 1.54) is 6.07 Å². The van der Waals surface area contributed by atoms with Gasteiger partial charge in [-0.2, -0.15) is 8.78 Å². The van der Waals surface area contributed by atoms with Gasteiger partial charge in [0.1, 0.15) is 10.6 Å². The zero-order valence-electron chi connectivity index (χ0n) is 13.7. The molecule has 0 aromatic carbocycles. The van der Waals surface area contributed by atoms with Crippen LogP contribution in [0, 0.1) is 12.3 Å². The third kappa shape index (κ3) is 5.54. The standard InChI is InChI=1S/C15H22F2N2O3S.ClH/c1-10-7-11(22-14(16)17)12(23-10)13(20)19-8-15(9-21-2)3-5-18-6-4-15;/h7,14,18H,3-6,8-9H2,1-2H3,(H,19,20);1H. The van der Waals surface area contributed by atoms with E-state index >= 15 is 0 Å². The maximum Gasteiger partial charge on any atom is 0.387 e. The van der Waals surface area contributed by atoms with Crippen molar-refractivity contribution >= 4 is 29.7 Å². The molecular formula is C15H23ClF2N2O3S. The molecule has 0 atom stereocenters. The molecule has 1 aromatic heterocycles. The molecule has 0 saturated carbocycles. The van der Waals surface area contributed by atoms with Gasteiger partial charge < -0.3 is 20.1 Å². The summed E-state index contributed by atoms with van der Waals surface area (Å²) in [5, 5.41) is 6.14. The van der Waals surface area contributed by atoms with Crippen molar-refractivity contribution in [2.24, 2.45) is 5.41 Å². The lowest BCUT2D eigenvalue weighted by Gasteiger charge is -2.37. The van der Waals surface area contributed by atoms with E-state index in [0.29, 0.717) is 13.2 Å². The summed E-state index contributed by atoms with van der Waals surface area (Å²) < 4.78 is 34.6. The molecule has 0 aliphatic carbocycles. The Labute approximate surface area is 150 Å². The summed E-state index contributed by atoms with van der Waals surface area (Å²) >= 11 is 1.15. The molecule has 2 heterocycles. The molecule has 9 heteroatoms. The van der Waals surface area contributed by atoms with Crippen LogP contribution in [0.25, 0.3) is 0 Å². The minimum absolute atomic E-state index is 0. The number of thiophene rings is 1. The Hall–Kier alpha value is -0.960. The smallest absolute Gasteiger partial charge is 0.387 e. The van der Waals surface area contributed by atoms with Gasteiger partial charge in [0, 0.05) is 23.9 Å². The molecule has 0 spiro atoms. The van der Waals surface area contributed by atoms with E-state index < -0.39 is 6.61 Å². The van der Waals surface area contributed by atoms with Crippen LogP contribution in [0.1, 0.15) is 27.4 Å². The summed E-state index contributed by atoms with van der Waals surface area (Å²) in [5.41, 5.74) is -0.119. The number of hydrogen-bond acceptors (Lipinski definition) is 5. The van der Waals surface area contributed by atoms with Gasteiger partial charge in [-0.15, -0.1) is 23.7 Å². The van der Waals surface area contributed by atoms with Crippen molar-refractivity contribution < 1.29 is 23.0 Å². The van der Waals surface area contributed by atoms with Gasteiger partial charge in [-0.05, 0) is 38.9 Å². The van der Waals surface area contributed by atoms with Crippen molar-refractivity contribution in [3.05, 3.63) is 15.8 Å². The maximum absolute atomic E-state index is 12.4. The number of ether oxygens (including phenoxy) is 2. The van der Waals surface area contributed by atoms with Crippen LogP contribution >= 0.6 is 23.7 Å². The second-order valence-corrected chi connectivity index (χ2v) is 7.05. The first-order valence-electron chi connectivity index (χ1n) is 7.49. The second-order valence-electron chi connectivity index (χ2n) is 5.79. The van der Waals surface area contributed by atoms with Gasteiger partial charge in [0.2, 0.25) is 0 Å². The SMILES string of the molecule is COCC1(CNC(=O)c2sc(C)cc2OC(F)F)CCNCC1.Cl. The monoisotopic (exact) mass is 384 g/mol. The lowest BCUT2D eigenvalue weighted by atomic mass is 9.79. The van der Waals surface area contributed by atoms with Crippen LogP contribution in [0.15, 0.2) is 6.07 Å². The summed E-state index contributed by atoms with van der Waals surface area (Å²) in [5.74, 6) is -0.445. The first kappa shape index (κ1) is 21.1. The van der Waals surface area contributed by atoms with Gasteiger partial charge >= 0.3 is 6.61 Å². The highest BCUT2D eigenvalue weighted by Crippen LogP contribution is 2.31. The minimum atomic E-state index is -2.94. The van der Waals surface area contributed by atoms with Crippen LogP contribution in [-0.4, -0.2) is 45.9 Å². The van der Waals surface area contributed by atoms with Gasteiger partial charge in [-0.1, -0.05) is 0 Å². The van der Waals surface area contributed by atoms with Crippen molar-refractivity contribution in [3.63, 3.8) is 0 Å². The van der Waals surface area contributed by atoms with Crippen LogP contribution in [0.2, 0.25) is 0 Å². The fourth-order valence-corrected chi connectivity index (χ4v) is 3.68. The van der Waals surface area contributed by atoms with Gasteiger partial charge in [0.25, 0.3) is 5.91 Å². The number of alkyl halides is 2. The Morgan fingerprint density at radius 1 is 1.46 bits per heavy atom. The molecule has 138 valence electrons. The van der Waals surface area contributed by atoms with Crippen LogP contribution in [-0.2, 0) is 4.74 Å². The molecule has 1 aliphatic heterocycles. The Morgan fingerprint density at radius 2 is 2.12 bits per heavy atom. The van der Waals surface area contributed by atoms with E-state index in [1.54, 1.807) is 14.0 Å². The number of halogens is 3. The lowest BCUT2D eigenvalue weighted by molar-refractivity contribution is -0.0498. The molecule has 5 nitrogen and oxygen atoms in total. The number of amides is 1. The lowest BCUT2D eigenvalue weighted by Crippen LogP contribution is -2.47. The molecule has 1 aliphatic rings. The number of methoxy groups -OCH3 is 1. The fraction of sp³-hybridized carbons (Fsp3) is 0.667. The summed E-state index contributed by atoms with van der Waals surface area (Å²) in [4.78, 5) is 13.3. The fourth-order valence-electron chi connectivity index (χ4n) is 2.82. The Morgan fingerprint density at radius 3 is 2.71 bits per heavy atom. The number of aryl methyl sites for hydroxylation is 1. The van der Waals surface area contributed by atoms with Crippen LogP contribution in [0.5, 0.6) is 5.75 Å². The molecule has 0 bridgehead atoms. The summed E-state index contributed by atoms with van der Waals surface area (Å²) in [7, 11) is 1.64. The normalized spacial score (nSPS) is 16.5. The van der Waals surface area contributed by atoms with E-state index in [4.69, 9.17) is 4.74 Å². The number of carbonyl (C=O) groups is 1. The van der Waals surface area contributed by atoms with Gasteiger partial charge in [-0.25, -0.2) is 0 Å². The van der Waals surface area contributed by atoms with Crippen LogP contribution < -0.4 is 15.4 Å². The highest BCUT2D eigenvalue weighted by Gasteiger charge is 2.33. The maximum atomic E-state index is 12.4. The van der Waals surface area contributed by atoms with Crippen molar-refractivity contribution in [2.75, 3.05) is 33.4 Å². The second kappa shape index (κ2) is 9.50. The molecule has 1 aromatic rings. The largest absolute Gasteiger partial charge is 0.433 e. The molecule has 2 N–H and O–H groups in total. The molecule has 2 rings (SSSR count). The predicted octanol–water partition coefficient (Wildman–Crippen LogP) is 2.83. The predicted molar refractivity (Wildman–Crippen MR) is 91.7 cm³/mol. The van der Waals surface area contributed by atoms with Crippen LogP contribution in [0.4, 0.5) is 8.78 Å². The molecule has 1 saturated heterocycles. The zero-order chi connectivity index (χ0) is 16.9. The minimum Gasteiger partial charge on any atom is -0.433 e. The molecule has 0 unspecified atom stereocenters. The first-order valence-corrected chi connectivity index (χ1v) is 8.30. The average molecular weight is 385 g/mol. The Balaban J connectivity index is 0.00000288. The highest BCUT2D eigenvalue weighted by molar-refractivity contribution is 7.14. The van der Waals surface area contributed by atoms with E-state index in [-0.39, 0.29) is 34.4 Å². The molecule has 1 fully saturated rings. The summed E-state index contributed by atoms with van der Waals surface area (Å²) in [6.07, 6.45) is 1.79. The third-order valence-corrected chi connectivity index (χ3v) is 5.01. The molecule has 1 amide bonds. The highest BCUT2D eigenvalue weighted by atomic mass is 35.5. The van der Waals surface area contributed by atoms with E-state index in [1.807, 2.05) is 0 Å². The van der Waals surface area contributed by atoms with E-state index in [2.05, 4.69) is 15.4 Å². The van der Waals surface area contributed by atoms with Gasteiger partial charge in [-0.3, -0.25) is 4.79 Å². The average Bonchev–Trinajstić information content (AvgIpc) is 2.86. The van der Waals surface area contributed by atoms with Crippen molar-refractivity contribution in [1.82, 2.24) is 10.6 Å². The number of carbonyl (C=O) groups excluding carboxylic acids is 1. The first-order chi connectivity index (χ1) is 11.0. The number of rotatable bonds is 7. The third-order valence-electron chi connectivity index (χ3n) is 3.98. The van der Waals surface area contributed by atoms with E-state index in [9.17, 15) is 13.6 Å². The van der Waals surface area contributed by atoms with E-state index in [0.717, 1.165) is 42.1 Å². The topological polar surface area (TPSA) is 59.6 Å². The van der Waals surface area contributed by atoms with Gasteiger partial charge in [0.15, 0.2) is 0 Å². The summed E-state index contributed by atoms with van der Waals surface area (Å²) in [6.45, 7) is 1.55.